The van der Waals surface area contributed by atoms with Gasteiger partial charge in [-0.15, -0.1) is 0 Å². The van der Waals surface area contributed by atoms with Gasteiger partial charge in [-0.25, -0.2) is 8.78 Å². The van der Waals surface area contributed by atoms with Crippen LogP contribution in [0.1, 0.15) is 12.0 Å². The lowest BCUT2D eigenvalue weighted by atomic mass is 10.1. The lowest BCUT2D eigenvalue weighted by Gasteiger charge is -2.14. The van der Waals surface area contributed by atoms with Crippen LogP contribution in [0.15, 0.2) is 12.1 Å². The minimum atomic E-state index is -0.658. The van der Waals surface area contributed by atoms with Crippen molar-refractivity contribution in [2.75, 3.05) is 32.0 Å². The van der Waals surface area contributed by atoms with E-state index in [0.29, 0.717) is 12.5 Å². The van der Waals surface area contributed by atoms with Gasteiger partial charge in [-0.3, -0.25) is 0 Å². The summed E-state index contributed by atoms with van der Waals surface area (Å²) < 4.78 is 27.6. The lowest BCUT2D eigenvalue weighted by molar-refractivity contribution is 0.399. The highest BCUT2D eigenvalue weighted by atomic mass is 32.1. The Bertz CT molecular complexity index is 470. The van der Waals surface area contributed by atoms with Crippen molar-refractivity contribution in [1.29, 1.82) is 0 Å². The molecule has 0 aromatic heterocycles. The van der Waals surface area contributed by atoms with Crippen molar-refractivity contribution in [1.82, 2.24) is 4.90 Å². The van der Waals surface area contributed by atoms with Crippen LogP contribution in [0.3, 0.4) is 0 Å². The first-order chi connectivity index (χ1) is 8.97. The van der Waals surface area contributed by atoms with Crippen LogP contribution in [-0.2, 0) is 0 Å². The number of hydrogen-bond acceptors (Lipinski definition) is 3. The molecular formula is C13H17F2N3S. The van der Waals surface area contributed by atoms with Gasteiger partial charge in [0.15, 0.2) is 0 Å². The van der Waals surface area contributed by atoms with E-state index in [4.69, 9.17) is 18.0 Å². The smallest absolute Gasteiger partial charge is 0.150 e. The van der Waals surface area contributed by atoms with Gasteiger partial charge in [-0.2, -0.15) is 0 Å². The Morgan fingerprint density at radius 2 is 2.11 bits per heavy atom. The monoisotopic (exact) mass is 285 g/mol. The molecule has 1 heterocycles. The molecule has 6 heteroatoms. The summed E-state index contributed by atoms with van der Waals surface area (Å²) in [6, 6.07) is 2.32. The summed E-state index contributed by atoms with van der Waals surface area (Å²) in [5.41, 5.74) is 5.47. The number of anilines is 1. The summed E-state index contributed by atoms with van der Waals surface area (Å²) >= 11 is 4.71. The Morgan fingerprint density at radius 1 is 1.47 bits per heavy atom. The number of nitrogens with one attached hydrogen (secondary N) is 1. The molecule has 1 aliphatic rings. The first-order valence-corrected chi connectivity index (χ1v) is 6.59. The first kappa shape index (κ1) is 14.1. The SMILES string of the molecule is CN1CCC(CNc2c(F)cc(C(N)=S)cc2F)C1. The predicted molar refractivity (Wildman–Crippen MR) is 76.3 cm³/mol. The fraction of sp³-hybridized carbons (Fsp3) is 0.462. The zero-order chi connectivity index (χ0) is 14.0. The second-order valence-corrected chi connectivity index (χ2v) is 5.42. The van der Waals surface area contributed by atoms with E-state index in [9.17, 15) is 8.78 Å². The van der Waals surface area contributed by atoms with Gasteiger partial charge < -0.3 is 16.0 Å². The molecule has 1 aromatic carbocycles. The molecule has 19 heavy (non-hydrogen) atoms. The summed E-state index contributed by atoms with van der Waals surface area (Å²) in [6.45, 7) is 2.53. The number of thiocarbonyl (C=S) groups is 1. The molecule has 0 amide bonds. The largest absolute Gasteiger partial charge is 0.389 e. The van der Waals surface area contributed by atoms with Crippen LogP contribution in [0.4, 0.5) is 14.5 Å². The molecule has 3 nitrogen and oxygen atoms in total. The maximum Gasteiger partial charge on any atom is 0.150 e. The standard InChI is InChI=1S/C13H17F2N3S/c1-18-3-2-8(7-18)6-17-12-10(14)4-9(13(16)19)5-11(12)15/h4-5,8,17H,2-3,6-7H2,1H3,(H2,16,19). The number of nitrogens with zero attached hydrogens (tertiary/aromatic N) is 1. The maximum absolute atomic E-state index is 13.8. The van der Waals surface area contributed by atoms with E-state index in [0.717, 1.165) is 31.6 Å². The third-order valence-electron chi connectivity index (χ3n) is 3.38. The summed E-state index contributed by atoms with van der Waals surface area (Å²) in [4.78, 5) is 2.19. The normalized spacial score (nSPS) is 19.6. The number of nitrogens with two attached hydrogens (primary N) is 1. The highest BCUT2D eigenvalue weighted by Gasteiger charge is 2.20. The second kappa shape index (κ2) is 5.79. The molecule has 0 radical (unpaired) electrons. The molecule has 0 bridgehead atoms. The highest BCUT2D eigenvalue weighted by molar-refractivity contribution is 7.80. The van der Waals surface area contributed by atoms with Gasteiger partial charge in [0.1, 0.15) is 22.3 Å². The number of halogens is 2. The second-order valence-electron chi connectivity index (χ2n) is 4.98. The van der Waals surface area contributed by atoms with Gasteiger partial charge in [0.05, 0.1) is 0 Å². The third-order valence-corrected chi connectivity index (χ3v) is 3.62. The van der Waals surface area contributed by atoms with E-state index in [1.54, 1.807) is 0 Å². The van der Waals surface area contributed by atoms with Crippen molar-refractivity contribution in [3.05, 3.63) is 29.3 Å². The highest BCUT2D eigenvalue weighted by Crippen LogP contribution is 2.22. The van der Waals surface area contributed by atoms with Gasteiger partial charge in [0, 0.05) is 18.7 Å². The zero-order valence-electron chi connectivity index (χ0n) is 10.7. The molecule has 0 spiro atoms. The Hall–Kier alpha value is -1.27. The van der Waals surface area contributed by atoms with Crippen molar-refractivity contribution in [2.24, 2.45) is 11.7 Å². The first-order valence-electron chi connectivity index (χ1n) is 6.18. The van der Waals surface area contributed by atoms with E-state index in [-0.39, 0.29) is 16.2 Å². The van der Waals surface area contributed by atoms with Gasteiger partial charge in [-0.1, -0.05) is 12.2 Å². The minimum absolute atomic E-state index is 0.0123. The van der Waals surface area contributed by atoms with Crippen LogP contribution in [0, 0.1) is 17.6 Å². The van der Waals surface area contributed by atoms with Crippen molar-refractivity contribution in [3.8, 4) is 0 Å². The summed E-state index contributed by atoms with van der Waals surface area (Å²) in [5.74, 6) is -0.901. The van der Waals surface area contributed by atoms with Crippen LogP contribution in [0.25, 0.3) is 0 Å². The molecule has 1 atom stereocenters. The van der Waals surface area contributed by atoms with E-state index in [1.807, 2.05) is 7.05 Å². The number of hydrogen-bond donors (Lipinski definition) is 2. The van der Waals surface area contributed by atoms with Gasteiger partial charge >= 0.3 is 0 Å². The molecule has 1 aromatic rings. The van der Waals surface area contributed by atoms with Crippen LogP contribution in [0.2, 0.25) is 0 Å². The van der Waals surface area contributed by atoms with E-state index >= 15 is 0 Å². The summed E-state index contributed by atoms with van der Waals surface area (Å²) in [5, 5.41) is 2.85. The van der Waals surface area contributed by atoms with Crippen LogP contribution in [0.5, 0.6) is 0 Å². The number of rotatable bonds is 4. The minimum Gasteiger partial charge on any atom is -0.389 e. The molecule has 3 N–H and O–H groups in total. The Morgan fingerprint density at radius 3 is 2.58 bits per heavy atom. The molecule has 1 aliphatic heterocycles. The molecule has 2 rings (SSSR count). The van der Waals surface area contributed by atoms with Gasteiger partial charge in [-0.05, 0) is 38.1 Å². The molecule has 0 saturated carbocycles. The molecule has 1 fully saturated rings. The fourth-order valence-electron chi connectivity index (χ4n) is 2.32. The van der Waals surface area contributed by atoms with Crippen molar-refractivity contribution >= 4 is 22.9 Å². The molecule has 1 unspecified atom stereocenters. The summed E-state index contributed by atoms with van der Waals surface area (Å²) in [6.07, 6.45) is 1.04. The molecule has 104 valence electrons. The van der Waals surface area contributed by atoms with Crippen molar-refractivity contribution < 1.29 is 8.78 Å². The number of benzene rings is 1. The molecule has 1 saturated heterocycles. The lowest BCUT2D eigenvalue weighted by Crippen LogP contribution is -2.20. The van der Waals surface area contributed by atoms with Gasteiger partial charge in [0.2, 0.25) is 0 Å². The third kappa shape index (κ3) is 3.39. The molecular weight excluding hydrogens is 268 g/mol. The van der Waals surface area contributed by atoms with Crippen molar-refractivity contribution in [3.63, 3.8) is 0 Å². The van der Waals surface area contributed by atoms with E-state index < -0.39 is 11.6 Å². The fourth-order valence-corrected chi connectivity index (χ4v) is 2.44. The quantitative estimate of drug-likeness (QED) is 0.830. The molecule has 0 aliphatic carbocycles. The van der Waals surface area contributed by atoms with Crippen molar-refractivity contribution in [2.45, 2.75) is 6.42 Å². The average Bonchev–Trinajstić information content (AvgIpc) is 2.73. The topological polar surface area (TPSA) is 41.3 Å². The van der Waals surface area contributed by atoms with Crippen LogP contribution < -0.4 is 11.1 Å². The Kier molecular flexibility index (Phi) is 4.31. The Labute approximate surface area is 116 Å². The van der Waals surface area contributed by atoms with Crippen LogP contribution in [-0.4, -0.2) is 36.6 Å². The number of likely N-dealkylation sites (tertiary alicyclic amines) is 1. The van der Waals surface area contributed by atoms with E-state index in [1.165, 1.54) is 0 Å². The Balaban J connectivity index is 2.06. The maximum atomic E-state index is 13.8. The predicted octanol–water partition coefficient (Wildman–Crippen LogP) is 1.96. The zero-order valence-corrected chi connectivity index (χ0v) is 11.6. The van der Waals surface area contributed by atoms with E-state index in [2.05, 4.69) is 10.2 Å². The van der Waals surface area contributed by atoms with Gasteiger partial charge in [0.25, 0.3) is 0 Å². The average molecular weight is 285 g/mol. The summed E-state index contributed by atoms with van der Waals surface area (Å²) in [7, 11) is 2.04. The van der Waals surface area contributed by atoms with Crippen LogP contribution >= 0.6 is 12.2 Å².